The minimum atomic E-state index is 0.0811. The molecular formula is C16H21Cl2N3. The number of nitrogens with one attached hydrogen (secondary N) is 1. The predicted octanol–water partition coefficient (Wildman–Crippen LogP) is 4.41. The zero-order valence-corrected chi connectivity index (χ0v) is 14.2. The van der Waals surface area contributed by atoms with Gasteiger partial charge in [0.1, 0.15) is 0 Å². The Kier molecular flexibility index (Phi) is 5.68. The van der Waals surface area contributed by atoms with Crippen LogP contribution in [0.15, 0.2) is 24.3 Å². The second-order valence-corrected chi connectivity index (χ2v) is 5.86. The van der Waals surface area contributed by atoms with Gasteiger partial charge in [-0.3, -0.25) is 4.68 Å². The van der Waals surface area contributed by atoms with Gasteiger partial charge in [0.15, 0.2) is 0 Å². The van der Waals surface area contributed by atoms with Crippen molar-refractivity contribution < 1.29 is 0 Å². The highest BCUT2D eigenvalue weighted by Gasteiger charge is 2.19. The SMILES string of the molecule is CCNC(Cc1cc(C)nn1CC)c1c(Cl)cccc1Cl. The standard InChI is InChI=1S/C16H21Cl2N3/c1-4-19-15(16-13(17)7-6-8-14(16)18)10-12-9-11(3)20-21(12)5-2/h6-9,15,19H,4-5,10H2,1-3H3. The van der Waals surface area contributed by atoms with Gasteiger partial charge in [-0.25, -0.2) is 0 Å². The molecule has 1 aromatic carbocycles. The molecule has 3 nitrogen and oxygen atoms in total. The van der Waals surface area contributed by atoms with E-state index in [2.05, 4.69) is 30.3 Å². The first-order valence-electron chi connectivity index (χ1n) is 7.27. The summed E-state index contributed by atoms with van der Waals surface area (Å²) in [6.07, 6.45) is 0.811. The molecule has 0 aliphatic carbocycles. The number of benzene rings is 1. The molecule has 1 heterocycles. The summed E-state index contributed by atoms with van der Waals surface area (Å²) in [5, 5.41) is 9.39. The monoisotopic (exact) mass is 325 g/mol. The zero-order valence-electron chi connectivity index (χ0n) is 12.7. The Balaban J connectivity index is 2.35. The fourth-order valence-corrected chi connectivity index (χ4v) is 3.27. The molecule has 1 N–H and O–H groups in total. The summed E-state index contributed by atoms with van der Waals surface area (Å²) >= 11 is 12.7. The second kappa shape index (κ2) is 7.30. The number of hydrogen-bond donors (Lipinski definition) is 1. The summed E-state index contributed by atoms with van der Waals surface area (Å²) in [5.41, 5.74) is 3.19. The molecule has 0 bridgehead atoms. The van der Waals surface area contributed by atoms with Gasteiger partial charge >= 0.3 is 0 Å². The molecule has 0 spiro atoms. The normalized spacial score (nSPS) is 12.6. The molecular weight excluding hydrogens is 305 g/mol. The molecule has 21 heavy (non-hydrogen) atoms. The van der Waals surface area contributed by atoms with Crippen molar-refractivity contribution in [2.75, 3.05) is 6.54 Å². The van der Waals surface area contributed by atoms with Crippen LogP contribution in [0.2, 0.25) is 10.0 Å². The van der Waals surface area contributed by atoms with E-state index in [1.807, 2.05) is 29.8 Å². The van der Waals surface area contributed by atoms with Crippen molar-refractivity contribution in [3.05, 3.63) is 51.3 Å². The fraction of sp³-hybridized carbons (Fsp3) is 0.438. The Labute approximate surface area is 136 Å². The average Bonchev–Trinajstić information content (AvgIpc) is 2.78. The van der Waals surface area contributed by atoms with Crippen LogP contribution in [0.5, 0.6) is 0 Å². The highest BCUT2D eigenvalue weighted by molar-refractivity contribution is 6.36. The van der Waals surface area contributed by atoms with E-state index in [0.717, 1.165) is 30.8 Å². The first kappa shape index (κ1) is 16.3. The molecule has 5 heteroatoms. The number of aromatic nitrogens is 2. The maximum atomic E-state index is 6.36. The summed E-state index contributed by atoms with van der Waals surface area (Å²) in [4.78, 5) is 0. The van der Waals surface area contributed by atoms with E-state index < -0.39 is 0 Å². The smallest absolute Gasteiger partial charge is 0.0596 e. The Morgan fingerprint density at radius 3 is 2.48 bits per heavy atom. The van der Waals surface area contributed by atoms with E-state index >= 15 is 0 Å². The second-order valence-electron chi connectivity index (χ2n) is 5.04. The lowest BCUT2D eigenvalue weighted by atomic mass is 10.0. The van der Waals surface area contributed by atoms with E-state index in [-0.39, 0.29) is 6.04 Å². The van der Waals surface area contributed by atoms with E-state index in [1.165, 1.54) is 5.69 Å². The minimum absolute atomic E-state index is 0.0811. The molecule has 0 fully saturated rings. The summed E-state index contributed by atoms with van der Waals surface area (Å²) < 4.78 is 2.03. The number of halogens is 2. The first-order valence-corrected chi connectivity index (χ1v) is 8.03. The van der Waals surface area contributed by atoms with Gasteiger partial charge in [-0.15, -0.1) is 0 Å². The van der Waals surface area contributed by atoms with E-state index in [9.17, 15) is 0 Å². The summed E-state index contributed by atoms with van der Waals surface area (Å²) in [6, 6.07) is 7.85. The van der Waals surface area contributed by atoms with Crippen LogP contribution in [0.1, 0.15) is 36.8 Å². The quantitative estimate of drug-likeness (QED) is 0.852. The van der Waals surface area contributed by atoms with Gasteiger partial charge in [-0.1, -0.05) is 36.2 Å². The Morgan fingerprint density at radius 2 is 1.90 bits per heavy atom. The molecule has 2 rings (SSSR count). The molecule has 0 aliphatic heterocycles. The van der Waals surface area contributed by atoms with Crippen LogP contribution in [0.4, 0.5) is 0 Å². The average molecular weight is 326 g/mol. The van der Waals surface area contributed by atoms with Crippen LogP contribution in [-0.2, 0) is 13.0 Å². The van der Waals surface area contributed by atoms with Gasteiger partial charge in [-0.2, -0.15) is 5.10 Å². The molecule has 1 aromatic heterocycles. The number of likely N-dealkylation sites (N-methyl/N-ethyl adjacent to an activating group) is 1. The van der Waals surface area contributed by atoms with Crippen LogP contribution < -0.4 is 5.32 Å². The van der Waals surface area contributed by atoms with Crippen molar-refractivity contribution in [2.45, 2.75) is 39.8 Å². The number of rotatable bonds is 6. The van der Waals surface area contributed by atoms with Crippen LogP contribution in [0.25, 0.3) is 0 Å². The molecule has 2 aromatic rings. The summed E-state index contributed by atoms with van der Waals surface area (Å²) in [5.74, 6) is 0. The highest BCUT2D eigenvalue weighted by atomic mass is 35.5. The van der Waals surface area contributed by atoms with Crippen molar-refractivity contribution in [2.24, 2.45) is 0 Å². The summed E-state index contributed by atoms with van der Waals surface area (Å²) in [6.45, 7) is 7.91. The largest absolute Gasteiger partial charge is 0.310 e. The van der Waals surface area contributed by atoms with E-state index in [0.29, 0.717) is 10.0 Å². The lowest BCUT2D eigenvalue weighted by molar-refractivity contribution is 0.516. The topological polar surface area (TPSA) is 29.9 Å². The van der Waals surface area contributed by atoms with Crippen LogP contribution in [0, 0.1) is 6.92 Å². The van der Waals surface area contributed by atoms with Gasteiger partial charge in [0.25, 0.3) is 0 Å². The molecule has 0 aliphatic rings. The Morgan fingerprint density at radius 1 is 1.24 bits per heavy atom. The van der Waals surface area contributed by atoms with Gasteiger partial charge in [0.05, 0.1) is 5.69 Å². The lowest BCUT2D eigenvalue weighted by Crippen LogP contribution is -2.24. The molecule has 114 valence electrons. The van der Waals surface area contributed by atoms with Crippen molar-refractivity contribution in [1.82, 2.24) is 15.1 Å². The Hall–Kier alpha value is -1.03. The van der Waals surface area contributed by atoms with Gasteiger partial charge < -0.3 is 5.32 Å². The molecule has 0 saturated carbocycles. The van der Waals surface area contributed by atoms with Crippen molar-refractivity contribution >= 4 is 23.2 Å². The molecule has 1 atom stereocenters. The van der Waals surface area contributed by atoms with Crippen LogP contribution in [0.3, 0.4) is 0 Å². The number of hydrogen-bond acceptors (Lipinski definition) is 2. The lowest BCUT2D eigenvalue weighted by Gasteiger charge is -2.21. The third kappa shape index (κ3) is 3.79. The molecule has 0 saturated heterocycles. The van der Waals surface area contributed by atoms with E-state index in [1.54, 1.807) is 0 Å². The maximum absolute atomic E-state index is 6.36. The third-order valence-electron chi connectivity index (χ3n) is 3.50. The highest BCUT2D eigenvalue weighted by Crippen LogP contribution is 2.32. The fourth-order valence-electron chi connectivity index (χ4n) is 2.61. The van der Waals surface area contributed by atoms with Crippen molar-refractivity contribution in [3.63, 3.8) is 0 Å². The molecule has 0 amide bonds. The van der Waals surface area contributed by atoms with Crippen molar-refractivity contribution in [3.8, 4) is 0 Å². The third-order valence-corrected chi connectivity index (χ3v) is 4.16. The number of aryl methyl sites for hydroxylation is 2. The van der Waals surface area contributed by atoms with Gasteiger partial charge in [0, 0.05) is 40.3 Å². The van der Waals surface area contributed by atoms with Crippen LogP contribution >= 0.6 is 23.2 Å². The minimum Gasteiger partial charge on any atom is -0.310 e. The van der Waals surface area contributed by atoms with Crippen LogP contribution in [-0.4, -0.2) is 16.3 Å². The van der Waals surface area contributed by atoms with Crippen molar-refractivity contribution in [1.29, 1.82) is 0 Å². The number of nitrogens with zero attached hydrogens (tertiary/aromatic N) is 2. The molecule has 1 unspecified atom stereocenters. The Bertz CT molecular complexity index is 587. The van der Waals surface area contributed by atoms with E-state index in [4.69, 9.17) is 23.2 Å². The predicted molar refractivity (Wildman–Crippen MR) is 89.2 cm³/mol. The van der Waals surface area contributed by atoms with Gasteiger partial charge in [0.2, 0.25) is 0 Å². The first-order chi connectivity index (χ1) is 10.1. The molecule has 0 radical (unpaired) electrons. The zero-order chi connectivity index (χ0) is 15.4. The maximum Gasteiger partial charge on any atom is 0.0596 e. The van der Waals surface area contributed by atoms with Gasteiger partial charge in [-0.05, 0) is 38.6 Å². The summed E-state index contributed by atoms with van der Waals surface area (Å²) in [7, 11) is 0.